The molecule has 1 nitrogen and oxygen atoms in total. The molecule has 204 valence electrons. The number of fused-ring (bicyclic) bond motifs is 1. The second-order valence-corrected chi connectivity index (χ2v) is 14.2. The zero-order valence-electron chi connectivity index (χ0n) is 24.4. The van der Waals surface area contributed by atoms with E-state index < -0.39 is 0 Å². The Morgan fingerprint density at radius 1 is 0.686 bits per heavy atom. The van der Waals surface area contributed by atoms with Crippen molar-refractivity contribution in [2.24, 2.45) is 47.3 Å². The normalized spacial score (nSPS) is 39.8. The highest BCUT2D eigenvalue weighted by Gasteiger charge is 2.43. The smallest absolute Gasteiger partial charge is 0.00697 e. The van der Waals surface area contributed by atoms with Crippen LogP contribution in [0, 0.1) is 47.3 Å². The van der Waals surface area contributed by atoms with E-state index in [1.54, 1.807) is 64.2 Å². The second kappa shape index (κ2) is 14.2. The van der Waals surface area contributed by atoms with Gasteiger partial charge in [0, 0.05) is 12.1 Å². The molecule has 6 unspecified atom stereocenters. The van der Waals surface area contributed by atoms with Crippen LogP contribution in [-0.2, 0) is 0 Å². The third-order valence-corrected chi connectivity index (χ3v) is 12.0. The number of rotatable bonds is 12. The Hall–Kier alpha value is -0.0400. The van der Waals surface area contributed by atoms with Crippen LogP contribution in [0.3, 0.4) is 0 Å². The van der Waals surface area contributed by atoms with Crippen LogP contribution in [0.1, 0.15) is 156 Å². The molecule has 0 spiro atoms. The van der Waals surface area contributed by atoms with Crippen LogP contribution in [0.15, 0.2) is 0 Å². The molecule has 0 radical (unpaired) electrons. The van der Waals surface area contributed by atoms with Crippen LogP contribution in [0.4, 0.5) is 0 Å². The van der Waals surface area contributed by atoms with Crippen LogP contribution < -0.4 is 5.32 Å². The summed E-state index contributed by atoms with van der Waals surface area (Å²) in [6.45, 7) is 9.76. The van der Waals surface area contributed by atoms with E-state index in [1.165, 1.54) is 64.2 Å². The molecule has 6 atom stereocenters. The first kappa shape index (κ1) is 28.0. The molecule has 4 fully saturated rings. The molecule has 1 N–H and O–H groups in total. The molecule has 4 saturated carbocycles. The van der Waals surface area contributed by atoms with Crippen molar-refractivity contribution < 1.29 is 0 Å². The summed E-state index contributed by atoms with van der Waals surface area (Å²) in [6.07, 6.45) is 30.0. The Balaban J connectivity index is 1.20. The van der Waals surface area contributed by atoms with Gasteiger partial charge in [-0.2, -0.15) is 0 Å². The van der Waals surface area contributed by atoms with E-state index in [9.17, 15) is 0 Å². The standard InChI is InChI=1S/C34H63N/c1-5-8-27-10-12-28(13-11-27)23-29-14-18-31-19-22-33(34(31)24-29)30(7-3)17-9-25(4)35-32-20-15-26(6-2)16-21-32/h25-35H,5-24H2,1-4H3. The first-order valence-corrected chi connectivity index (χ1v) is 16.8. The Morgan fingerprint density at radius 3 is 2.03 bits per heavy atom. The van der Waals surface area contributed by atoms with Gasteiger partial charge in [0.2, 0.25) is 0 Å². The van der Waals surface area contributed by atoms with Crippen LogP contribution in [-0.4, -0.2) is 12.1 Å². The molecule has 0 aromatic heterocycles. The molecule has 0 aromatic carbocycles. The Kier molecular flexibility index (Phi) is 11.4. The van der Waals surface area contributed by atoms with Gasteiger partial charge in [0.15, 0.2) is 0 Å². The maximum Gasteiger partial charge on any atom is 0.00697 e. The summed E-state index contributed by atoms with van der Waals surface area (Å²) in [7, 11) is 0. The van der Waals surface area contributed by atoms with Gasteiger partial charge < -0.3 is 5.32 Å². The summed E-state index contributed by atoms with van der Waals surface area (Å²) in [5, 5.41) is 4.05. The summed E-state index contributed by atoms with van der Waals surface area (Å²) in [5.74, 6) is 8.45. The van der Waals surface area contributed by atoms with Crippen LogP contribution >= 0.6 is 0 Å². The molecule has 0 heterocycles. The monoisotopic (exact) mass is 485 g/mol. The maximum absolute atomic E-state index is 4.05. The average Bonchev–Trinajstić information content (AvgIpc) is 3.29. The van der Waals surface area contributed by atoms with Gasteiger partial charge >= 0.3 is 0 Å². The number of hydrogen-bond acceptors (Lipinski definition) is 1. The number of hydrogen-bond donors (Lipinski definition) is 1. The molecule has 0 saturated heterocycles. The molecular weight excluding hydrogens is 422 g/mol. The molecule has 35 heavy (non-hydrogen) atoms. The molecule has 4 aliphatic carbocycles. The fourth-order valence-electron chi connectivity index (χ4n) is 9.71. The lowest BCUT2D eigenvalue weighted by atomic mass is 9.66. The van der Waals surface area contributed by atoms with Gasteiger partial charge in [0.1, 0.15) is 0 Å². The fraction of sp³-hybridized carbons (Fsp3) is 1.00. The van der Waals surface area contributed by atoms with Gasteiger partial charge in [-0.25, -0.2) is 0 Å². The molecule has 4 rings (SSSR count). The average molecular weight is 486 g/mol. The zero-order chi connectivity index (χ0) is 24.6. The summed E-state index contributed by atoms with van der Waals surface area (Å²) >= 11 is 0. The van der Waals surface area contributed by atoms with Gasteiger partial charge in [-0.15, -0.1) is 0 Å². The van der Waals surface area contributed by atoms with Crippen molar-refractivity contribution in [1.82, 2.24) is 5.32 Å². The topological polar surface area (TPSA) is 12.0 Å². The lowest BCUT2D eigenvalue weighted by Gasteiger charge is -2.40. The van der Waals surface area contributed by atoms with Crippen LogP contribution in [0.25, 0.3) is 0 Å². The molecule has 0 aromatic rings. The molecular formula is C34H63N. The predicted molar refractivity (Wildman–Crippen MR) is 154 cm³/mol. The van der Waals surface area contributed by atoms with Crippen molar-refractivity contribution in [3.63, 3.8) is 0 Å². The van der Waals surface area contributed by atoms with E-state index in [0.29, 0.717) is 6.04 Å². The Bertz CT molecular complexity index is 569. The minimum atomic E-state index is 0.714. The summed E-state index contributed by atoms with van der Waals surface area (Å²) < 4.78 is 0. The second-order valence-electron chi connectivity index (χ2n) is 14.2. The Morgan fingerprint density at radius 2 is 1.34 bits per heavy atom. The van der Waals surface area contributed by atoms with Crippen molar-refractivity contribution in [2.75, 3.05) is 0 Å². The minimum Gasteiger partial charge on any atom is -0.312 e. The Labute approximate surface area is 220 Å². The lowest BCUT2D eigenvalue weighted by Crippen LogP contribution is -2.39. The van der Waals surface area contributed by atoms with E-state index in [4.69, 9.17) is 0 Å². The van der Waals surface area contributed by atoms with Gasteiger partial charge in [-0.1, -0.05) is 78.6 Å². The van der Waals surface area contributed by atoms with Gasteiger partial charge in [0.25, 0.3) is 0 Å². The van der Waals surface area contributed by atoms with Gasteiger partial charge in [-0.3, -0.25) is 0 Å². The van der Waals surface area contributed by atoms with E-state index >= 15 is 0 Å². The maximum atomic E-state index is 4.05. The third-order valence-electron chi connectivity index (χ3n) is 12.0. The molecule has 0 aliphatic heterocycles. The van der Waals surface area contributed by atoms with E-state index in [0.717, 1.165) is 53.4 Å². The van der Waals surface area contributed by atoms with Crippen molar-refractivity contribution >= 4 is 0 Å². The highest BCUT2D eigenvalue weighted by molar-refractivity contribution is 4.93. The highest BCUT2D eigenvalue weighted by atomic mass is 14.9. The lowest BCUT2D eigenvalue weighted by molar-refractivity contribution is 0.109. The van der Waals surface area contributed by atoms with E-state index in [-0.39, 0.29) is 0 Å². The van der Waals surface area contributed by atoms with Crippen LogP contribution in [0.5, 0.6) is 0 Å². The summed E-state index contributed by atoms with van der Waals surface area (Å²) in [6, 6.07) is 1.52. The predicted octanol–water partition coefficient (Wildman–Crippen LogP) is 10.2. The van der Waals surface area contributed by atoms with Crippen molar-refractivity contribution in [1.29, 1.82) is 0 Å². The zero-order valence-corrected chi connectivity index (χ0v) is 24.4. The molecule has 0 bridgehead atoms. The summed E-state index contributed by atoms with van der Waals surface area (Å²) in [4.78, 5) is 0. The van der Waals surface area contributed by atoms with Gasteiger partial charge in [0.05, 0.1) is 0 Å². The first-order chi connectivity index (χ1) is 17.1. The summed E-state index contributed by atoms with van der Waals surface area (Å²) in [5.41, 5.74) is 0. The van der Waals surface area contributed by atoms with Crippen molar-refractivity contribution in [3.8, 4) is 0 Å². The molecule has 0 amide bonds. The fourth-order valence-corrected chi connectivity index (χ4v) is 9.71. The quantitative estimate of drug-likeness (QED) is 0.290. The van der Waals surface area contributed by atoms with Crippen LogP contribution in [0.2, 0.25) is 0 Å². The van der Waals surface area contributed by atoms with E-state index in [1.807, 2.05) is 0 Å². The first-order valence-electron chi connectivity index (χ1n) is 16.8. The molecule has 4 aliphatic rings. The highest BCUT2D eigenvalue weighted by Crippen LogP contribution is 2.53. The minimum absolute atomic E-state index is 0.714. The SMILES string of the molecule is CCCC1CCC(CC2CCC3CCC(C(CC)CCC(C)NC4CCC(CC)CC4)C3C2)CC1. The molecule has 1 heteroatoms. The number of nitrogens with one attached hydrogen (secondary N) is 1. The third kappa shape index (κ3) is 7.97. The van der Waals surface area contributed by atoms with Crippen molar-refractivity contribution in [2.45, 2.75) is 168 Å². The largest absolute Gasteiger partial charge is 0.312 e. The van der Waals surface area contributed by atoms with Crippen molar-refractivity contribution in [3.05, 3.63) is 0 Å². The van der Waals surface area contributed by atoms with Gasteiger partial charge in [-0.05, 0) is 125 Å². The van der Waals surface area contributed by atoms with E-state index in [2.05, 4.69) is 33.0 Å².